The summed E-state index contributed by atoms with van der Waals surface area (Å²) in [4.78, 5) is 20.1. The van der Waals surface area contributed by atoms with Crippen molar-refractivity contribution in [2.45, 2.75) is 58.0 Å². The number of aryl methyl sites for hydroxylation is 2. The van der Waals surface area contributed by atoms with Crippen LogP contribution in [0.5, 0.6) is 0 Å². The molecular formula is C13H18N2OS. The number of aromatic nitrogens is 1. The fourth-order valence-corrected chi connectivity index (χ4v) is 4.11. The molecule has 0 N–H and O–H groups in total. The number of carbonyl (C=O) groups excluding carboxylic acids is 1. The number of hydrogen-bond donors (Lipinski definition) is 0. The van der Waals surface area contributed by atoms with E-state index in [4.69, 9.17) is 0 Å². The average Bonchev–Trinajstić information content (AvgIpc) is 2.57. The zero-order chi connectivity index (χ0) is 12.0. The summed E-state index contributed by atoms with van der Waals surface area (Å²) in [5.41, 5.74) is 1.14. The van der Waals surface area contributed by atoms with Crippen molar-refractivity contribution in [3.05, 3.63) is 10.6 Å². The molecule has 0 radical (unpaired) electrons. The van der Waals surface area contributed by atoms with Gasteiger partial charge in [0.15, 0.2) is 5.13 Å². The van der Waals surface area contributed by atoms with Crippen LogP contribution in [-0.2, 0) is 4.79 Å². The number of anilines is 1. The fraction of sp³-hybridized carbons (Fsp3) is 0.692. The average molecular weight is 250 g/mol. The summed E-state index contributed by atoms with van der Waals surface area (Å²) in [7, 11) is 0. The molecule has 0 spiro atoms. The van der Waals surface area contributed by atoms with Gasteiger partial charge in [-0.15, -0.1) is 11.3 Å². The largest absolute Gasteiger partial charge is 0.341 e. The van der Waals surface area contributed by atoms with Crippen molar-refractivity contribution < 1.29 is 4.79 Å². The zero-order valence-electron chi connectivity index (χ0n) is 10.4. The molecule has 0 aromatic carbocycles. The Morgan fingerprint density at radius 2 is 1.88 bits per heavy atom. The van der Waals surface area contributed by atoms with Crippen molar-refractivity contribution in [1.29, 1.82) is 0 Å². The Labute approximate surface area is 106 Å². The second kappa shape index (κ2) is 4.09. The molecule has 17 heavy (non-hydrogen) atoms. The summed E-state index contributed by atoms with van der Waals surface area (Å²) < 4.78 is 0. The van der Waals surface area contributed by atoms with Crippen LogP contribution in [0.3, 0.4) is 0 Å². The highest BCUT2D eigenvalue weighted by Crippen LogP contribution is 2.38. The van der Waals surface area contributed by atoms with E-state index in [9.17, 15) is 4.79 Å². The van der Waals surface area contributed by atoms with Crippen LogP contribution < -0.4 is 4.90 Å². The lowest BCUT2D eigenvalue weighted by Crippen LogP contribution is -2.52. The first-order valence-electron chi connectivity index (χ1n) is 6.39. The van der Waals surface area contributed by atoms with Crippen molar-refractivity contribution in [2.24, 2.45) is 0 Å². The molecule has 2 saturated heterocycles. The number of rotatable bonds is 1. The molecule has 2 bridgehead atoms. The van der Waals surface area contributed by atoms with Crippen molar-refractivity contribution >= 4 is 22.3 Å². The molecular weight excluding hydrogens is 232 g/mol. The van der Waals surface area contributed by atoms with E-state index in [1.54, 1.807) is 11.3 Å². The SMILES string of the molecule is Cc1nc(N2C3CCCC2CC(=O)C3)sc1C. The summed E-state index contributed by atoms with van der Waals surface area (Å²) in [5.74, 6) is 0.445. The third-order valence-corrected chi connectivity index (χ3v) is 5.11. The van der Waals surface area contributed by atoms with Crippen LogP contribution in [0.25, 0.3) is 0 Å². The summed E-state index contributed by atoms with van der Waals surface area (Å²) in [6, 6.07) is 0.833. The lowest BCUT2D eigenvalue weighted by Gasteiger charge is -2.45. The Kier molecular flexibility index (Phi) is 2.69. The maximum absolute atomic E-state index is 11.7. The van der Waals surface area contributed by atoms with E-state index in [1.165, 1.54) is 11.3 Å². The van der Waals surface area contributed by atoms with Gasteiger partial charge in [0, 0.05) is 29.8 Å². The topological polar surface area (TPSA) is 33.2 Å². The normalized spacial score (nSPS) is 28.6. The van der Waals surface area contributed by atoms with Gasteiger partial charge in [0.25, 0.3) is 0 Å². The van der Waals surface area contributed by atoms with Gasteiger partial charge in [0.05, 0.1) is 5.69 Å². The summed E-state index contributed by atoms with van der Waals surface area (Å²) in [6.07, 6.45) is 5.03. The van der Waals surface area contributed by atoms with Gasteiger partial charge < -0.3 is 4.90 Å². The molecule has 0 aliphatic carbocycles. The van der Waals surface area contributed by atoms with E-state index in [-0.39, 0.29) is 0 Å². The Hall–Kier alpha value is -0.900. The van der Waals surface area contributed by atoms with Crippen molar-refractivity contribution in [3.8, 4) is 0 Å². The number of Topliss-reactive ketones (excluding diaryl/α,β-unsaturated/α-hetero) is 1. The second-order valence-electron chi connectivity index (χ2n) is 5.23. The van der Waals surface area contributed by atoms with Crippen molar-refractivity contribution in [3.63, 3.8) is 0 Å². The Bertz CT molecular complexity index is 419. The number of thiazole rings is 1. The van der Waals surface area contributed by atoms with Gasteiger partial charge in [0.1, 0.15) is 5.78 Å². The molecule has 0 amide bonds. The Balaban J connectivity index is 1.94. The lowest BCUT2D eigenvalue weighted by molar-refractivity contribution is -0.121. The summed E-state index contributed by atoms with van der Waals surface area (Å²) >= 11 is 1.78. The predicted octanol–water partition coefficient (Wildman–Crippen LogP) is 2.85. The van der Waals surface area contributed by atoms with Crippen LogP contribution in [0.15, 0.2) is 0 Å². The maximum atomic E-state index is 11.7. The molecule has 2 fully saturated rings. The fourth-order valence-electron chi connectivity index (χ4n) is 3.05. The van der Waals surface area contributed by atoms with Crippen LogP contribution in [0.2, 0.25) is 0 Å². The van der Waals surface area contributed by atoms with Crippen LogP contribution in [0, 0.1) is 13.8 Å². The first-order chi connectivity index (χ1) is 8.15. The van der Waals surface area contributed by atoms with Gasteiger partial charge in [0.2, 0.25) is 0 Å². The molecule has 0 saturated carbocycles. The van der Waals surface area contributed by atoms with E-state index in [2.05, 4.69) is 23.7 Å². The van der Waals surface area contributed by atoms with Crippen LogP contribution in [0.1, 0.15) is 42.7 Å². The minimum atomic E-state index is 0.417. The highest BCUT2D eigenvalue weighted by molar-refractivity contribution is 7.15. The van der Waals surface area contributed by atoms with Crippen molar-refractivity contribution in [2.75, 3.05) is 4.90 Å². The quantitative estimate of drug-likeness (QED) is 0.768. The monoisotopic (exact) mass is 250 g/mol. The number of carbonyl (C=O) groups is 1. The molecule has 92 valence electrons. The van der Waals surface area contributed by atoms with Crippen LogP contribution in [-0.4, -0.2) is 22.9 Å². The molecule has 3 rings (SSSR count). The zero-order valence-corrected chi connectivity index (χ0v) is 11.2. The van der Waals surface area contributed by atoms with Gasteiger partial charge >= 0.3 is 0 Å². The molecule has 2 unspecified atom stereocenters. The lowest BCUT2D eigenvalue weighted by atomic mass is 9.84. The Morgan fingerprint density at radius 3 is 2.41 bits per heavy atom. The smallest absolute Gasteiger partial charge is 0.186 e. The molecule has 3 nitrogen and oxygen atoms in total. The van der Waals surface area contributed by atoms with Crippen molar-refractivity contribution in [1.82, 2.24) is 4.98 Å². The molecule has 4 heteroatoms. The molecule has 2 aliphatic heterocycles. The van der Waals surface area contributed by atoms with Gasteiger partial charge in [-0.05, 0) is 33.1 Å². The maximum Gasteiger partial charge on any atom is 0.186 e. The minimum absolute atomic E-state index is 0.417. The molecule has 3 heterocycles. The first-order valence-corrected chi connectivity index (χ1v) is 7.21. The highest BCUT2D eigenvalue weighted by Gasteiger charge is 2.38. The summed E-state index contributed by atoms with van der Waals surface area (Å²) in [5, 5.41) is 1.14. The number of nitrogens with zero attached hydrogens (tertiary/aromatic N) is 2. The second-order valence-corrected chi connectivity index (χ2v) is 6.41. The van der Waals surface area contributed by atoms with Gasteiger partial charge in [-0.25, -0.2) is 4.98 Å². The van der Waals surface area contributed by atoms with E-state index in [0.717, 1.165) is 36.5 Å². The third kappa shape index (κ3) is 1.88. The molecule has 2 aliphatic rings. The van der Waals surface area contributed by atoms with E-state index < -0.39 is 0 Å². The predicted molar refractivity (Wildman–Crippen MR) is 69.7 cm³/mol. The number of ketones is 1. The Morgan fingerprint density at radius 1 is 1.24 bits per heavy atom. The molecule has 1 aromatic rings. The number of fused-ring (bicyclic) bond motifs is 2. The number of hydrogen-bond acceptors (Lipinski definition) is 4. The van der Waals surface area contributed by atoms with E-state index in [0.29, 0.717) is 17.9 Å². The molecule has 1 aromatic heterocycles. The summed E-state index contributed by atoms with van der Waals surface area (Å²) in [6.45, 7) is 4.20. The minimum Gasteiger partial charge on any atom is -0.341 e. The molecule has 2 atom stereocenters. The van der Waals surface area contributed by atoms with Gasteiger partial charge in [-0.3, -0.25) is 4.79 Å². The first kappa shape index (κ1) is 11.2. The van der Waals surface area contributed by atoms with E-state index in [1.807, 2.05) is 0 Å². The van der Waals surface area contributed by atoms with E-state index >= 15 is 0 Å². The standard InChI is InChI=1S/C13H18N2OS/c1-8-9(2)17-13(14-8)15-10-4-3-5-11(15)7-12(16)6-10/h10-11H,3-7H2,1-2H3. The van der Waals surface area contributed by atoms with Gasteiger partial charge in [-0.1, -0.05) is 0 Å². The third-order valence-electron chi connectivity index (χ3n) is 4.03. The number of piperidine rings is 2. The van der Waals surface area contributed by atoms with Crippen LogP contribution in [0.4, 0.5) is 5.13 Å². The highest BCUT2D eigenvalue weighted by atomic mass is 32.1. The van der Waals surface area contributed by atoms with Gasteiger partial charge in [-0.2, -0.15) is 0 Å². The van der Waals surface area contributed by atoms with Crippen LogP contribution >= 0.6 is 11.3 Å².